The molecule has 8 heteroatoms. The molecule has 6 nitrogen and oxygen atoms in total. The molecule has 7 atom stereocenters. The van der Waals surface area contributed by atoms with Gasteiger partial charge in [0.1, 0.15) is 5.41 Å². The molecule has 2 aromatic carbocycles. The Balaban J connectivity index is 1.46. The van der Waals surface area contributed by atoms with Crippen LogP contribution >= 0.6 is 0 Å². The average molecular weight is 839 g/mol. The van der Waals surface area contributed by atoms with E-state index in [2.05, 4.69) is 140 Å². The molecule has 4 aliphatic rings. The molecule has 2 heterocycles. The van der Waals surface area contributed by atoms with Gasteiger partial charge in [0.15, 0.2) is 0 Å². The zero-order valence-corrected chi connectivity index (χ0v) is 39.5. The number of rotatable bonds is 21. The first-order valence-corrected chi connectivity index (χ1v) is 27.5. The number of benzene rings is 2. The van der Waals surface area contributed by atoms with Gasteiger partial charge in [0.2, 0.25) is 14.1 Å². The summed E-state index contributed by atoms with van der Waals surface area (Å²) in [5, 5.41) is 14.1. The Labute approximate surface area is 358 Å². The van der Waals surface area contributed by atoms with Gasteiger partial charge in [-0.05, 0) is 117 Å². The molecule has 2 fully saturated rings. The highest BCUT2D eigenvalue weighted by Crippen LogP contribution is 2.66. The van der Waals surface area contributed by atoms with Crippen LogP contribution in [0.2, 0.25) is 23.2 Å². The largest absolute Gasteiger partial charge is 0.546 e. The lowest BCUT2D eigenvalue weighted by Crippen LogP contribution is -2.66. The highest BCUT2D eigenvalue weighted by Gasteiger charge is 2.73. The van der Waals surface area contributed by atoms with E-state index in [0.717, 1.165) is 68.0 Å². The molecule has 5 bridgehead atoms. The second-order valence-corrected chi connectivity index (χ2v) is 27.8. The summed E-state index contributed by atoms with van der Waals surface area (Å²) in [5.41, 5.74) is -0.0190. The molecular formula is C51H74O6Si2. The standard InChI is InChI=1S/C51H74O6Si2/c1-9-14-16-17-18-22-27-39-37-46-50(35-36-54-59(49(6,7)8,40-28-23-19-24-29-40)41-30-25-20-26-31-41)34-33-44(57-58(11-3,12-4)13-5)47-42(39)38-45(43(52)32-21-15-10-2)55-51(46,47)56-48(50)53/h9-10,14-15,19-20,23-26,28-31,33,37,39,42-43,45,47,52H,11-13,16-18,21-22,27,32,34-36,38H2,1-8H3/b14-9+,15-10+/t39-,42-,43-,45+,47+,50+,51-/m0/s1. The molecule has 2 aliphatic carbocycles. The molecule has 0 amide bonds. The first-order valence-electron chi connectivity index (χ1n) is 23.1. The van der Waals surface area contributed by atoms with Crippen molar-refractivity contribution < 1.29 is 28.2 Å². The van der Waals surface area contributed by atoms with Crippen molar-refractivity contribution in [2.75, 3.05) is 6.61 Å². The molecule has 0 aromatic heterocycles. The minimum Gasteiger partial charge on any atom is -0.546 e. The van der Waals surface area contributed by atoms with E-state index in [1.165, 1.54) is 10.4 Å². The maximum atomic E-state index is 15.0. The van der Waals surface area contributed by atoms with Crippen molar-refractivity contribution in [1.29, 1.82) is 0 Å². The number of ether oxygens (including phenoxy) is 2. The highest BCUT2D eigenvalue weighted by atomic mass is 28.4. The fourth-order valence-electron chi connectivity index (χ4n) is 11.1. The molecule has 0 radical (unpaired) electrons. The number of hydrogen-bond donors (Lipinski definition) is 1. The van der Waals surface area contributed by atoms with Gasteiger partial charge in [-0.2, -0.15) is 0 Å². The maximum Gasteiger partial charge on any atom is 0.319 e. The SMILES string of the molecule is C/C=C/CCCCC[C@H]1C=C2[C@]3(CCO[Si](c4ccccc4)(c4ccccc4)C(C)(C)C)CC=C(O[Si](CC)(CC)CC)[C@H]4[C@H]1C[C@H]([C@@H](O)CC/C=C/C)O[C@]24OC3=O. The first-order chi connectivity index (χ1) is 28.4. The van der Waals surface area contributed by atoms with Crippen molar-refractivity contribution >= 4 is 33.0 Å². The van der Waals surface area contributed by atoms with E-state index < -0.39 is 40.0 Å². The molecule has 59 heavy (non-hydrogen) atoms. The summed E-state index contributed by atoms with van der Waals surface area (Å²) < 4.78 is 29.1. The Morgan fingerprint density at radius 2 is 1.53 bits per heavy atom. The zero-order chi connectivity index (χ0) is 42.3. The van der Waals surface area contributed by atoms with Crippen LogP contribution in [0, 0.1) is 23.2 Å². The Morgan fingerprint density at radius 3 is 2.12 bits per heavy atom. The summed E-state index contributed by atoms with van der Waals surface area (Å²) in [7, 11) is -5.03. The molecule has 2 aromatic rings. The van der Waals surface area contributed by atoms with Crippen molar-refractivity contribution in [2.45, 2.75) is 161 Å². The molecule has 6 rings (SSSR count). The van der Waals surface area contributed by atoms with Crippen LogP contribution in [0.5, 0.6) is 0 Å². The number of aliphatic hydroxyl groups is 1. The normalized spacial score (nSPS) is 27.4. The molecule has 2 aliphatic heterocycles. The lowest BCUT2D eigenvalue weighted by molar-refractivity contribution is -0.290. The van der Waals surface area contributed by atoms with Crippen molar-refractivity contribution in [1.82, 2.24) is 0 Å². The van der Waals surface area contributed by atoms with Gasteiger partial charge in [-0.1, -0.05) is 145 Å². The molecule has 2 saturated heterocycles. The Morgan fingerprint density at radius 1 is 0.898 bits per heavy atom. The van der Waals surface area contributed by atoms with Crippen molar-refractivity contribution in [3.05, 3.63) is 108 Å². The van der Waals surface area contributed by atoms with Crippen LogP contribution in [-0.2, 0) is 23.1 Å². The van der Waals surface area contributed by atoms with Crippen LogP contribution in [0.4, 0.5) is 0 Å². The Kier molecular flexibility index (Phi) is 14.9. The molecule has 322 valence electrons. The van der Waals surface area contributed by atoms with Crippen LogP contribution in [-0.4, -0.2) is 52.3 Å². The van der Waals surface area contributed by atoms with Crippen LogP contribution in [0.3, 0.4) is 0 Å². The summed E-state index contributed by atoms with van der Waals surface area (Å²) in [6.45, 7) is 18.2. The third kappa shape index (κ3) is 8.73. The predicted molar refractivity (Wildman–Crippen MR) is 246 cm³/mol. The highest BCUT2D eigenvalue weighted by molar-refractivity contribution is 6.99. The van der Waals surface area contributed by atoms with Gasteiger partial charge in [0.25, 0.3) is 8.32 Å². The fourth-order valence-corrected chi connectivity index (χ4v) is 18.3. The van der Waals surface area contributed by atoms with E-state index in [1.807, 2.05) is 13.0 Å². The summed E-state index contributed by atoms with van der Waals surface area (Å²) in [4.78, 5) is 15.0. The third-order valence-electron chi connectivity index (χ3n) is 14.6. The van der Waals surface area contributed by atoms with E-state index in [9.17, 15) is 5.11 Å². The van der Waals surface area contributed by atoms with Crippen molar-refractivity contribution in [3.8, 4) is 0 Å². The minimum atomic E-state index is -2.89. The number of hydrogen-bond acceptors (Lipinski definition) is 6. The molecular weight excluding hydrogens is 765 g/mol. The number of esters is 1. The second kappa shape index (κ2) is 19.4. The van der Waals surface area contributed by atoms with Gasteiger partial charge in [-0.3, -0.25) is 4.79 Å². The van der Waals surface area contributed by atoms with E-state index in [1.54, 1.807) is 0 Å². The Bertz CT molecular complexity index is 1760. The van der Waals surface area contributed by atoms with Gasteiger partial charge >= 0.3 is 5.97 Å². The quantitative estimate of drug-likeness (QED) is 0.0584. The molecule has 0 unspecified atom stereocenters. The van der Waals surface area contributed by atoms with Gasteiger partial charge in [-0.15, -0.1) is 0 Å². The zero-order valence-electron chi connectivity index (χ0n) is 37.5. The lowest BCUT2D eigenvalue weighted by Gasteiger charge is -2.54. The smallest absolute Gasteiger partial charge is 0.319 e. The number of carbonyl (C=O) groups is 1. The molecule has 1 spiro atoms. The van der Waals surface area contributed by atoms with Crippen molar-refractivity contribution in [3.63, 3.8) is 0 Å². The van der Waals surface area contributed by atoms with Crippen molar-refractivity contribution in [2.24, 2.45) is 23.2 Å². The third-order valence-corrected chi connectivity index (χ3v) is 24.1. The van der Waals surface area contributed by atoms with Gasteiger partial charge in [-0.25, -0.2) is 0 Å². The summed E-state index contributed by atoms with van der Waals surface area (Å²) >= 11 is 0. The van der Waals surface area contributed by atoms with E-state index in [0.29, 0.717) is 32.3 Å². The second-order valence-electron chi connectivity index (χ2n) is 18.8. The van der Waals surface area contributed by atoms with E-state index in [-0.39, 0.29) is 28.8 Å². The summed E-state index contributed by atoms with van der Waals surface area (Å²) in [5.74, 6) is -0.504. The number of allylic oxidation sites excluding steroid dienone is 6. The summed E-state index contributed by atoms with van der Waals surface area (Å²) in [6.07, 6.45) is 20.7. The number of unbranched alkanes of at least 4 members (excludes halogenated alkanes) is 3. The predicted octanol–water partition coefficient (Wildman–Crippen LogP) is 11.3. The van der Waals surface area contributed by atoms with E-state index in [4.69, 9.17) is 18.3 Å². The monoisotopic (exact) mass is 839 g/mol. The van der Waals surface area contributed by atoms with Crippen LogP contribution in [0.25, 0.3) is 0 Å². The first kappa shape index (κ1) is 45.5. The minimum absolute atomic E-state index is 0.114. The molecule has 0 saturated carbocycles. The van der Waals surface area contributed by atoms with Crippen LogP contribution < -0.4 is 10.4 Å². The maximum absolute atomic E-state index is 15.0. The topological polar surface area (TPSA) is 74.2 Å². The molecule has 1 N–H and O–H groups in total. The average Bonchev–Trinajstić information content (AvgIpc) is 3.42. The lowest BCUT2D eigenvalue weighted by atomic mass is 9.60. The van der Waals surface area contributed by atoms with Crippen LogP contribution in [0.15, 0.2) is 108 Å². The fraction of sp³-hybridized carbons (Fsp3) is 0.588. The van der Waals surface area contributed by atoms with Gasteiger partial charge in [0, 0.05) is 12.2 Å². The summed E-state index contributed by atoms with van der Waals surface area (Å²) in [6, 6.07) is 24.5. The van der Waals surface area contributed by atoms with Crippen LogP contribution in [0.1, 0.15) is 120 Å². The van der Waals surface area contributed by atoms with Gasteiger partial charge in [0.05, 0.1) is 23.9 Å². The van der Waals surface area contributed by atoms with Gasteiger partial charge < -0.3 is 23.4 Å². The Hall–Kier alpha value is -3.02. The van der Waals surface area contributed by atoms with E-state index >= 15 is 4.79 Å². The number of carbonyl (C=O) groups excluding carboxylic acids is 1. The number of aliphatic hydroxyl groups excluding tert-OH is 1.